The number of benzene rings is 4. The Kier molecular flexibility index (Phi) is 9.09. The van der Waals surface area contributed by atoms with Crippen molar-refractivity contribution in [1.82, 2.24) is 9.88 Å². The maximum absolute atomic E-state index is 14.6. The summed E-state index contributed by atoms with van der Waals surface area (Å²) in [5, 5.41) is 31.4. The van der Waals surface area contributed by atoms with Gasteiger partial charge in [0.2, 0.25) is 12.7 Å². The first-order valence-corrected chi connectivity index (χ1v) is 16.3. The summed E-state index contributed by atoms with van der Waals surface area (Å²) in [4.78, 5) is 57.0. The number of hydrogen-bond donors (Lipinski definition) is 3. The summed E-state index contributed by atoms with van der Waals surface area (Å²) >= 11 is 0. The Morgan fingerprint density at radius 1 is 0.865 bits per heavy atom. The first-order chi connectivity index (χ1) is 25.0. The molecule has 1 saturated heterocycles. The second-order valence-electron chi connectivity index (χ2n) is 12.4. The van der Waals surface area contributed by atoms with Crippen LogP contribution >= 0.6 is 0 Å². The topological polar surface area (TPSA) is 195 Å². The van der Waals surface area contributed by atoms with Crippen molar-refractivity contribution in [3.63, 3.8) is 0 Å². The molecule has 0 aliphatic carbocycles. The van der Waals surface area contributed by atoms with Gasteiger partial charge in [0, 0.05) is 18.5 Å². The van der Waals surface area contributed by atoms with Crippen molar-refractivity contribution in [1.29, 1.82) is 0 Å². The summed E-state index contributed by atoms with van der Waals surface area (Å²) < 4.78 is 27.3. The van der Waals surface area contributed by atoms with Crippen molar-refractivity contribution in [2.45, 2.75) is 49.8 Å². The highest BCUT2D eigenvalue weighted by Gasteiger charge is 2.64. The van der Waals surface area contributed by atoms with Crippen LogP contribution in [0.1, 0.15) is 36.3 Å². The number of amides is 1. The van der Waals surface area contributed by atoms with Crippen molar-refractivity contribution >= 4 is 51.8 Å². The van der Waals surface area contributed by atoms with Gasteiger partial charge in [0.1, 0.15) is 5.52 Å². The Labute approximate surface area is 295 Å². The molecule has 0 saturated carbocycles. The average Bonchev–Trinajstić information content (AvgIpc) is 3.89. The van der Waals surface area contributed by atoms with E-state index in [0.29, 0.717) is 40.5 Å². The van der Waals surface area contributed by atoms with Gasteiger partial charge in [-0.25, -0.2) is 19.4 Å². The van der Waals surface area contributed by atoms with Gasteiger partial charge in [-0.05, 0) is 71.7 Å². The molecular weight excluding hydrogens is 676 g/mol. The molecule has 2 aliphatic rings. The lowest BCUT2D eigenvalue weighted by Crippen LogP contribution is -2.51. The number of nitrogens with zero attached hydrogens (tertiary/aromatic N) is 2. The number of hydrogen-bond acceptors (Lipinski definition) is 10. The van der Waals surface area contributed by atoms with Gasteiger partial charge in [-0.15, -0.1) is 0 Å². The summed E-state index contributed by atoms with van der Waals surface area (Å²) in [7, 11) is 0. The molecule has 52 heavy (non-hydrogen) atoms. The van der Waals surface area contributed by atoms with E-state index in [-0.39, 0.29) is 13.3 Å². The van der Waals surface area contributed by atoms with E-state index in [2.05, 4.69) is 4.98 Å². The molecule has 2 aliphatic heterocycles. The Morgan fingerprint density at radius 2 is 1.58 bits per heavy atom. The first kappa shape index (κ1) is 34.2. The third-order valence-corrected chi connectivity index (χ3v) is 9.22. The smallest absolute Gasteiger partial charge is 0.377 e. The number of allylic oxidation sites excluding steroid dienone is 1. The zero-order valence-electron chi connectivity index (χ0n) is 27.6. The van der Waals surface area contributed by atoms with E-state index < -0.39 is 53.8 Å². The van der Waals surface area contributed by atoms with Crippen LogP contribution in [0.25, 0.3) is 27.9 Å². The fourth-order valence-corrected chi connectivity index (χ4v) is 6.53. The Hall–Kier alpha value is -6.25. The van der Waals surface area contributed by atoms with E-state index >= 15 is 0 Å². The predicted octanol–water partition coefficient (Wildman–Crippen LogP) is 5.05. The van der Waals surface area contributed by atoms with Crippen molar-refractivity contribution in [3.05, 3.63) is 108 Å². The van der Waals surface area contributed by atoms with Crippen LogP contribution in [0, 0.1) is 0 Å². The maximum Gasteiger partial charge on any atom is 0.377 e. The van der Waals surface area contributed by atoms with Crippen LogP contribution in [0.15, 0.2) is 95.4 Å². The predicted molar refractivity (Wildman–Crippen MR) is 182 cm³/mol. The third kappa shape index (κ3) is 6.40. The normalized spacial score (nSPS) is 18.8. The van der Waals surface area contributed by atoms with Crippen molar-refractivity contribution in [3.8, 4) is 11.5 Å². The quantitative estimate of drug-likeness (QED) is 0.146. The van der Waals surface area contributed by atoms with Crippen LogP contribution in [0.3, 0.4) is 0 Å². The van der Waals surface area contributed by atoms with E-state index in [1.807, 2.05) is 72.8 Å². The van der Waals surface area contributed by atoms with Gasteiger partial charge in [-0.3, -0.25) is 4.79 Å². The summed E-state index contributed by atoms with van der Waals surface area (Å²) in [6.45, 7) is 1.71. The van der Waals surface area contributed by atoms with Gasteiger partial charge in [-0.2, -0.15) is 0 Å². The number of para-hydroxylation sites is 2. The Bertz CT molecular complexity index is 2180. The monoisotopic (exact) mass is 708 g/mol. The van der Waals surface area contributed by atoms with E-state index in [1.54, 1.807) is 31.2 Å². The lowest BCUT2D eigenvalue weighted by Gasteiger charge is -2.36. The van der Waals surface area contributed by atoms with Crippen LogP contribution < -0.4 is 9.47 Å². The van der Waals surface area contributed by atoms with Crippen LogP contribution in [-0.2, 0) is 35.2 Å². The highest BCUT2D eigenvalue weighted by molar-refractivity contribution is 6.02. The fourth-order valence-electron chi connectivity index (χ4n) is 6.53. The molecule has 1 amide bonds. The number of carboxylic acid groups (broad SMARTS) is 3. The fraction of sp³-hybridized carbons (Fsp3) is 0.237. The molecule has 5 aromatic rings. The lowest BCUT2D eigenvalue weighted by atomic mass is 9.87. The number of carboxylic acids is 3. The van der Waals surface area contributed by atoms with Crippen molar-refractivity contribution in [2.75, 3.05) is 6.79 Å². The van der Waals surface area contributed by atoms with Crippen molar-refractivity contribution in [2.24, 2.45) is 0 Å². The molecule has 7 rings (SSSR count). The summed E-state index contributed by atoms with van der Waals surface area (Å²) in [5.41, 5.74) is 2.69. The standard InChI is InChI=1S/C38H32N2O12/c1-21(26(25-15-16-29-30(18-25)49-20-48-29)9-6-12-31-39-27-10-4-5-11-28(27)50-31)40(19-22-13-14-23-7-2-3-8-24(23)17-22)34(41)32-33(35(42)43)52-38(51-32,36(44)45)37(46)47/h2-8,10-18,21,26,32-33H,9,19-20H2,1H3,(H,42,43)(H,44,45)(H,46,47). The number of oxazole rings is 1. The number of aliphatic carboxylic acids is 3. The van der Waals surface area contributed by atoms with Crippen molar-refractivity contribution < 1.29 is 57.9 Å². The van der Waals surface area contributed by atoms with E-state index in [1.165, 1.54) is 4.90 Å². The van der Waals surface area contributed by atoms with Gasteiger partial charge in [0.05, 0.1) is 0 Å². The average molecular weight is 709 g/mol. The minimum Gasteiger partial charge on any atom is -0.479 e. The van der Waals surface area contributed by atoms with Crippen LogP contribution in [0.2, 0.25) is 0 Å². The highest BCUT2D eigenvalue weighted by atomic mass is 16.8. The second kappa shape index (κ2) is 13.8. The number of rotatable bonds is 12. The molecule has 4 unspecified atom stereocenters. The van der Waals surface area contributed by atoms with Gasteiger partial charge in [-0.1, -0.05) is 60.7 Å². The molecule has 3 N–H and O–H groups in total. The maximum atomic E-state index is 14.6. The molecule has 0 spiro atoms. The number of fused-ring (bicyclic) bond motifs is 3. The molecule has 1 aromatic heterocycles. The number of carbonyl (C=O) groups is 4. The SMILES string of the molecule is CC(C(CC=Cc1nc2ccccc2o1)c1ccc2c(c1)OCO2)N(Cc1ccc2ccccc2c1)C(=O)C1OC(C(=O)O)(C(=O)O)OC1C(=O)O. The Morgan fingerprint density at radius 3 is 2.33 bits per heavy atom. The lowest BCUT2D eigenvalue weighted by molar-refractivity contribution is -0.221. The molecule has 4 aromatic carbocycles. The van der Waals surface area contributed by atoms with Gasteiger partial charge >= 0.3 is 23.7 Å². The number of carbonyl (C=O) groups excluding carboxylic acids is 1. The van der Waals surface area contributed by atoms with E-state index in [0.717, 1.165) is 16.3 Å². The van der Waals surface area contributed by atoms with E-state index in [4.69, 9.17) is 23.4 Å². The van der Waals surface area contributed by atoms with Crippen LogP contribution in [-0.4, -0.2) is 79.8 Å². The minimum absolute atomic E-state index is 0.0354. The van der Waals surface area contributed by atoms with Gasteiger partial charge < -0.3 is 43.6 Å². The molecule has 14 nitrogen and oxygen atoms in total. The Balaban J connectivity index is 1.29. The van der Waals surface area contributed by atoms with Crippen LogP contribution in [0.5, 0.6) is 11.5 Å². The van der Waals surface area contributed by atoms with Gasteiger partial charge in [0.15, 0.2) is 29.3 Å². The summed E-state index contributed by atoms with van der Waals surface area (Å²) in [6.07, 6.45) is -0.511. The second-order valence-corrected chi connectivity index (χ2v) is 12.4. The molecule has 3 heterocycles. The molecule has 0 radical (unpaired) electrons. The molecule has 266 valence electrons. The summed E-state index contributed by atoms with van der Waals surface area (Å²) in [5.74, 6) is -9.50. The van der Waals surface area contributed by atoms with E-state index in [9.17, 15) is 34.5 Å². The molecule has 4 atom stereocenters. The molecular formula is C38H32N2O12. The van der Waals surface area contributed by atoms with Crippen LogP contribution in [0.4, 0.5) is 0 Å². The largest absolute Gasteiger partial charge is 0.479 e. The molecule has 14 heteroatoms. The number of aromatic nitrogens is 1. The zero-order chi connectivity index (χ0) is 36.6. The zero-order valence-corrected chi connectivity index (χ0v) is 27.6. The van der Waals surface area contributed by atoms with Gasteiger partial charge in [0.25, 0.3) is 5.91 Å². The highest BCUT2D eigenvalue weighted by Crippen LogP contribution is 2.39. The minimum atomic E-state index is -3.42. The third-order valence-electron chi connectivity index (χ3n) is 9.22. The molecule has 0 bridgehead atoms. The number of ether oxygens (including phenoxy) is 4. The first-order valence-electron chi connectivity index (χ1n) is 16.3. The molecule has 1 fully saturated rings. The summed E-state index contributed by atoms with van der Waals surface area (Å²) in [6, 6.07) is 25.1.